The van der Waals surface area contributed by atoms with E-state index >= 15 is 0 Å². The van der Waals surface area contributed by atoms with E-state index in [9.17, 15) is 8.78 Å². The molecule has 0 unspecified atom stereocenters. The summed E-state index contributed by atoms with van der Waals surface area (Å²) in [6, 6.07) is 8.41. The highest BCUT2D eigenvalue weighted by Gasteiger charge is 2.14. The number of halogens is 2. The summed E-state index contributed by atoms with van der Waals surface area (Å²) in [6.45, 7) is 2.39. The highest BCUT2D eigenvalue weighted by Crippen LogP contribution is 2.29. The van der Waals surface area contributed by atoms with Gasteiger partial charge in [0.05, 0.1) is 0 Å². The summed E-state index contributed by atoms with van der Waals surface area (Å²) in [6.07, 6.45) is 3.50. The fourth-order valence-electron chi connectivity index (χ4n) is 2.51. The Morgan fingerprint density at radius 3 is 2.73 bits per heavy atom. The Kier molecular flexibility index (Phi) is 3.71. The molecule has 0 aliphatic carbocycles. The van der Waals surface area contributed by atoms with Gasteiger partial charge >= 0.3 is 0 Å². The first-order chi connectivity index (χ1) is 10.6. The molecule has 0 radical (unpaired) electrons. The van der Waals surface area contributed by atoms with Crippen LogP contribution in [0.15, 0.2) is 42.7 Å². The minimum atomic E-state index is -0.905. The van der Waals surface area contributed by atoms with Crippen LogP contribution < -0.4 is 4.90 Å². The van der Waals surface area contributed by atoms with Crippen LogP contribution in [0.25, 0.3) is 10.9 Å². The average Bonchev–Trinajstić information content (AvgIpc) is 2.51. The average molecular weight is 299 g/mol. The van der Waals surface area contributed by atoms with Crippen molar-refractivity contribution >= 4 is 16.6 Å². The van der Waals surface area contributed by atoms with Crippen molar-refractivity contribution in [2.45, 2.75) is 13.5 Å². The van der Waals surface area contributed by atoms with Gasteiger partial charge in [0.25, 0.3) is 0 Å². The number of nitrogens with zero attached hydrogens (tertiary/aromatic N) is 3. The molecule has 0 fully saturated rings. The van der Waals surface area contributed by atoms with Crippen molar-refractivity contribution in [1.82, 2.24) is 9.97 Å². The number of pyridine rings is 2. The molecule has 0 atom stereocenters. The number of hydrogen-bond donors (Lipinski definition) is 0. The number of rotatable bonds is 3. The lowest BCUT2D eigenvalue weighted by molar-refractivity contribution is 0.515. The molecular formula is C17H15F2N3. The van der Waals surface area contributed by atoms with Gasteiger partial charge in [0, 0.05) is 42.8 Å². The molecule has 2 heterocycles. The molecule has 5 heteroatoms. The zero-order valence-electron chi connectivity index (χ0n) is 12.3. The topological polar surface area (TPSA) is 29.0 Å². The highest BCUT2D eigenvalue weighted by molar-refractivity contribution is 5.92. The van der Waals surface area contributed by atoms with Crippen molar-refractivity contribution in [3.63, 3.8) is 0 Å². The zero-order valence-corrected chi connectivity index (χ0v) is 12.3. The number of fused-ring (bicyclic) bond motifs is 1. The second-order valence-electron chi connectivity index (χ2n) is 5.26. The minimum absolute atomic E-state index is 0.0630. The number of aromatic nitrogens is 2. The largest absolute Gasteiger partial charge is 0.370 e. The van der Waals surface area contributed by atoms with Gasteiger partial charge in [-0.05, 0) is 36.8 Å². The van der Waals surface area contributed by atoms with Crippen LogP contribution in [-0.4, -0.2) is 17.0 Å². The van der Waals surface area contributed by atoms with Crippen LogP contribution in [-0.2, 0) is 6.54 Å². The minimum Gasteiger partial charge on any atom is -0.370 e. The summed E-state index contributed by atoms with van der Waals surface area (Å²) in [5.41, 5.74) is 2.55. The van der Waals surface area contributed by atoms with Gasteiger partial charge in [-0.2, -0.15) is 0 Å². The SMILES string of the molecule is Cc1cc(N(C)Cc2cccnc2)c2ccc(F)c(F)c2n1. The number of anilines is 1. The van der Waals surface area contributed by atoms with E-state index in [-0.39, 0.29) is 5.52 Å². The molecule has 3 aromatic rings. The van der Waals surface area contributed by atoms with Crippen molar-refractivity contribution in [2.75, 3.05) is 11.9 Å². The maximum absolute atomic E-state index is 14.0. The van der Waals surface area contributed by atoms with Crippen LogP contribution in [0.4, 0.5) is 14.5 Å². The third-order valence-corrected chi connectivity index (χ3v) is 3.53. The molecule has 0 bridgehead atoms. The Labute approximate surface area is 127 Å². The normalized spacial score (nSPS) is 10.9. The van der Waals surface area contributed by atoms with Crippen molar-refractivity contribution < 1.29 is 8.78 Å². The smallest absolute Gasteiger partial charge is 0.185 e. The molecule has 0 spiro atoms. The monoisotopic (exact) mass is 299 g/mol. The van der Waals surface area contributed by atoms with E-state index in [0.717, 1.165) is 17.3 Å². The van der Waals surface area contributed by atoms with E-state index in [1.54, 1.807) is 25.4 Å². The summed E-state index contributed by atoms with van der Waals surface area (Å²) >= 11 is 0. The fraction of sp³-hybridized carbons (Fsp3) is 0.176. The molecular weight excluding hydrogens is 284 g/mol. The molecule has 0 N–H and O–H groups in total. The zero-order chi connectivity index (χ0) is 15.7. The van der Waals surface area contributed by atoms with E-state index in [1.807, 2.05) is 30.1 Å². The van der Waals surface area contributed by atoms with Gasteiger partial charge in [0.1, 0.15) is 5.52 Å². The van der Waals surface area contributed by atoms with E-state index in [4.69, 9.17) is 0 Å². The van der Waals surface area contributed by atoms with Gasteiger partial charge in [-0.25, -0.2) is 13.8 Å². The number of hydrogen-bond acceptors (Lipinski definition) is 3. The second kappa shape index (κ2) is 5.67. The van der Waals surface area contributed by atoms with Crippen LogP contribution in [0.2, 0.25) is 0 Å². The summed E-state index contributed by atoms with van der Waals surface area (Å²) in [4.78, 5) is 10.2. The van der Waals surface area contributed by atoms with Gasteiger partial charge < -0.3 is 4.90 Å². The quantitative estimate of drug-likeness (QED) is 0.735. The van der Waals surface area contributed by atoms with Crippen molar-refractivity contribution in [3.05, 3.63) is 65.6 Å². The lowest BCUT2D eigenvalue weighted by Crippen LogP contribution is -2.17. The Morgan fingerprint density at radius 2 is 2.00 bits per heavy atom. The fourth-order valence-corrected chi connectivity index (χ4v) is 2.51. The maximum Gasteiger partial charge on any atom is 0.185 e. The van der Waals surface area contributed by atoms with Gasteiger partial charge in [-0.15, -0.1) is 0 Å². The number of benzene rings is 1. The summed E-state index contributed by atoms with van der Waals surface area (Å²) < 4.78 is 27.4. The first-order valence-electron chi connectivity index (χ1n) is 6.91. The molecule has 1 aromatic carbocycles. The van der Waals surface area contributed by atoms with Crippen LogP contribution in [0.3, 0.4) is 0 Å². The Morgan fingerprint density at radius 1 is 1.18 bits per heavy atom. The summed E-state index contributed by atoms with van der Waals surface area (Å²) in [7, 11) is 1.91. The van der Waals surface area contributed by atoms with Gasteiger partial charge in [0.15, 0.2) is 11.6 Å². The third-order valence-electron chi connectivity index (χ3n) is 3.53. The van der Waals surface area contributed by atoms with Gasteiger partial charge in [-0.1, -0.05) is 6.07 Å². The van der Waals surface area contributed by atoms with E-state index in [1.165, 1.54) is 0 Å². The standard InChI is InChI=1S/C17H15F2N3/c1-11-8-15(22(2)10-12-4-3-7-20-9-12)13-5-6-14(18)16(19)17(13)21-11/h3-9H,10H2,1-2H3. The predicted octanol–water partition coefficient (Wildman–Crippen LogP) is 3.85. The van der Waals surface area contributed by atoms with Crippen LogP contribution in [0.5, 0.6) is 0 Å². The summed E-state index contributed by atoms with van der Waals surface area (Å²) in [5.74, 6) is -1.79. The molecule has 0 saturated heterocycles. The molecule has 22 heavy (non-hydrogen) atoms. The first kappa shape index (κ1) is 14.4. The third kappa shape index (κ3) is 2.62. The maximum atomic E-state index is 14.0. The number of aryl methyl sites for hydroxylation is 1. The van der Waals surface area contributed by atoms with Gasteiger partial charge in [0.2, 0.25) is 0 Å². The van der Waals surface area contributed by atoms with Crippen molar-refractivity contribution in [3.8, 4) is 0 Å². The second-order valence-corrected chi connectivity index (χ2v) is 5.26. The van der Waals surface area contributed by atoms with Gasteiger partial charge in [-0.3, -0.25) is 4.98 Å². The van der Waals surface area contributed by atoms with Crippen LogP contribution >= 0.6 is 0 Å². The highest BCUT2D eigenvalue weighted by atomic mass is 19.2. The van der Waals surface area contributed by atoms with Crippen LogP contribution in [0, 0.1) is 18.6 Å². The Balaban J connectivity index is 2.08. The Bertz CT molecular complexity index is 819. The van der Waals surface area contributed by atoms with Crippen molar-refractivity contribution in [1.29, 1.82) is 0 Å². The van der Waals surface area contributed by atoms with E-state index < -0.39 is 11.6 Å². The molecule has 0 aliphatic rings. The molecule has 112 valence electrons. The Hall–Kier alpha value is -2.56. The lowest BCUT2D eigenvalue weighted by atomic mass is 10.1. The molecule has 3 nitrogen and oxygen atoms in total. The predicted molar refractivity (Wildman–Crippen MR) is 82.7 cm³/mol. The lowest BCUT2D eigenvalue weighted by Gasteiger charge is -2.21. The molecule has 2 aromatic heterocycles. The molecule has 0 aliphatic heterocycles. The van der Waals surface area contributed by atoms with E-state index in [2.05, 4.69) is 9.97 Å². The summed E-state index contributed by atoms with van der Waals surface area (Å²) in [5, 5.41) is 0.593. The first-order valence-corrected chi connectivity index (χ1v) is 6.91. The molecule has 3 rings (SSSR count). The van der Waals surface area contributed by atoms with E-state index in [0.29, 0.717) is 17.6 Å². The molecule has 0 saturated carbocycles. The van der Waals surface area contributed by atoms with Crippen molar-refractivity contribution in [2.24, 2.45) is 0 Å². The molecule has 0 amide bonds. The van der Waals surface area contributed by atoms with Crippen LogP contribution in [0.1, 0.15) is 11.3 Å².